The van der Waals surface area contributed by atoms with Crippen LogP contribution in [0, 0.1) is 12.8 Å². The summed E-state index contributed by atoms with van der Waals surface area (Å²) in [6, 6.07) is 19.1. The van der Waals surface area contributed by atoms with Crippen molar-refractivity contribution in [2.75, 3.05) is 12.0 Å². The van der Waals surface area contributed by atoms with Crippen molar-refractivity contribution >= 4 is 34.9 Å². The van der Waals surface area contributed by atoms with Gasteiger partial charge >= 0.3 is 6.18 Å². The fourth-order valence-corrected chi connectivity index (χ4v) is 5.53. The van der Waals surface area contributed by atoms with Gasteiger partial charge in [-0.2, -0.15) is 13.2 Å². The summed E-state index contributed by atoms with van der Waals surface area (Å²) in [5, 5.41) is 6.37. The van der Waals surface area contributed by atoms with E-state index < -0.39 is 54.7 Å². The number of hydrogen-bond donors (Lipinski definition) is 2. The molecule has 3 unspecified atom stereocenters. The second-order valence-corrected chi connectivity index (χ2v) is 10.9. The van der Waals surface area contributed by atoms with Crippen molar-refractivity contribution in [3.8, 4) is 5.75 Å². The topological polar surface area (TPSA) is 153 Å². The predicted octanol–water partition coefficient (Wildman–Crippen LogP) is 4.96. The number of rotatable bonds is 11. The number of para-hydroxylation sites is 1. The number of alkyl halides is 3. The molecule has 0 spiro atoms. The summed E-state index contributed by atoms with van der Waals surface area (Å²) in [6.45, 7) is 1.52. The van der Waals surface area contributed by atoms with Gasteiger partial charge < -0.3 is 20.3 Å². The highest BCUT2D eigenvalue weighted by atomic mass is 19.4. The van der Waals surface area contributed by atoms with E-state index in [0.29, 0.717) is 28.3 Å². The maximum Gasteiger partial charge on any atom is 0.389 e. The Morgan fingerprint density at radius 1 is 1.09 bits per heavy atom. The van der Waals surface area contributed by atoms with Gasteiger partial charge in [-0.1, -0.05) is 53.7 Å². The monoisotopic (exact) mass is 648 g/mol. The van der Waals surface area contributed by atoms with Crippen LogP contribution in [0.3, 0.4) is 0 Å². The lowest BCUT2D eigenvalue weighted by molar-refractivity contribution is -0.139. The van der Waals surface area contributed by atoms with Crippen molar-refractivity contribution in [1.29, 1.82) is 0 Å². The Balaban J connectivity index is 1.60. The zero-order valence-electron chi connectivity index (χ0n) is 25.4. The average Bonchev–Trinajstić information content (AvgIpc) is 3.42. The zero-order chi connectivity index (χ0) is 33.7. The van der Waals surface area contributed by atoms with Crippen molar-refractivity contribution in [3.05, 3.63) is 102 Å². The van der Waals surface area contributed by atoms with Gasteiger partial charge in [0, 0.05) is 23.1 Å². The summed E-state index contributed by atoms with van der Waals surface area (Å²) in [7, 11) is 1.47. The van der Waals surface area contributed by atoms with E-state index >= 15 is 0 Å². The first-order chi connectivity index (χ1) is 22.5. The Labute approximate surface area is 267 Å². The highest BCUT2D eigenvalue weighted by molar-refractivity contribution is 6.21. The molecule has 0 bridgehead atoms. The lowest BCUT2D eigenvalue weighted by Crippen LogP contribution is -2.49. The number of anilines is 2. The van der Waals surface area contributed by atoms with Crippen molar-refractivity contribution < 1.29 is 36.8 Å². The van der Waals surface area contributed by atoms with Gasteiger partial charge in [0.15, 0.2) is 0 Å². The predicted molar refractivity (Wildman–Crippen MR) is 165 cm³/mol. The lowest BCUT2D eigenvalue weighted by Gasteiger charge is -2.27. The summed E-state index contributed by atoms with van der Waals surface area (Å²) < 4.78 is 49.7. The Morgan fingerprint density at radius 2 is 1.81 bits per heavy atom. The van der Waals surface area contributed by atoms with E-state index in [2.05, 4.69) is 15.5 Å². The van der Waals surface area contributed by atoms with Gasteiger partial charge in [0.05, 0.1) is 42.2 Å². The van der Waals surface area contributed by atoms with Crippen molar-refractivity contribution in [2.24, 2.45) is 16.6 Å². The van der Waals surface area contributed by atoms with Crippen LogP contribution in [0.5, 0.6) is 5.75 Å². The minimum atomic E-state index is -4.50. The third kappa shape index (κ3) is 7.32. The van der Waals surface area contributed by atoms with Gasteiger partial charge in [-0.25, -0.2) is 9.98 Å². The van der Waals surface area contributed by atoms with Crippen LogP contribution in [-0.2, 0) is 14.4 Å². The molecule has 3 amide bonds. The Kier molecular flexibility index (Phi) is 9.68. The van der Waals surface area contributed by atoms with Gasteiger partial charge in [0.25, 0.3) is 5.91 Å². The number of amides is 3. The Bertz CT molecular complexity index is 1780. The molecule has 0 saturated carbocycles. The maximum atomic E-state index is 14.4. The zero-order valence-corrected chi connectivity index (χ0v) is 25.4. The minimum absolute atomic E-state index is 0.154. The summed E-state index contributed by atoms with van der Waals surface area (Å²) >= 11 is 0. The van der Waals surface area contributed by atoms with Crippen LogP contribution in [0.2, 0.25) is 0 Å². The first kappa shape index (κ1) is 32.9. The quantitative estimate of drug-likeness (QED) is 0.233. The van der Waals surface area contributed by atoms with Crippen molar-refractivity contribution in [2.45, 2.75) is 44.4 Å². The van der Waals surface area contributed by atoms with E-state index in [1.54, 1.807) is 60.7 Å². The number of nitrogens with one attached hydrogen (secondary N) is 1. The molecule has 11 nitrogen and oxygen atoms in total. The molecule has 4 aromatic rings. The smallest absolute Gasteiger partial charge is 0.389 e. The summed E-state index contributed by atoms with van der Waals surface area (Å²) in [4.78, 5) is 51.7. The largest absolute Gasteiger partial charge is 0.495 e. The van der Waals surface area contributed by atoms with Crippen LogP contribution in [0.25, 0.3) is 0 Å². The number of aromatic nitrogens is 2. The van der Waals surface area contributed by atoms with Crippen LogP contribution >= 0.6 is 0 Å². The second kappa shape index (κ2) is 13.8. The molecule has 5 rings (SSSR count). The van der Waals surface area contributed by atoms with E-state index in [9.17, 15) is 27.6 Å². The molecule has 0 fully saturated rings. The normalized spacial score (nSPS) is 16.0. The molecule has 2 aromatic heterocycles. The van der Waals surface area contributed by atoms with Gasteiger partial charge in [-0.3, -0.25) is 19.3 Å². The molecule has 2 aromatic carbocycles. The molecule has 0 saturated heterocycles. The van der Waals surface area contributed by atoms with Crippen LogP contribution in [-0.4, -0.2) is 53.0 Å². The maximum absolute atomic E-state index is 14.4. The molecule has 1 aliphatic heterocycles. The number of nitrogens with zero attached hydrogens (tertiary/aromatic N) is 4. The van der Waals surface area contributed by atoms with Gasteiger partial charge in [0.2, 0.25) is 18.0 Å². The van der Waals surface area contributed by atoms with Gasteiger partial charge in [-0.15, -0.1) is 0 Å². The van der Waals surface area contributed by atoms with E-state index in [4.69, 9.17) is 20.0 Å². The number of methoxy groups -OCH3 is 1. The van der Waals surface area contributed by atoms with Crippen LogP contribution in [0.15, 0.2) is 88.7 Å². The Hall–Kier alpha value is -5.53. The number of halogens is 3. The highest BCUT2D eigenvalue weighted by Crippen LogP contribution is 2.36. The highest BCUT2D eigenvalue weighted by Gasteiger charge is 2.40. The molecular formula is C33H31F3N6O5. The molecule has 1 aliphatic rings. The van der Waals surface area contributed by atoms with Crippen LogP contribution in [0.1, 0.15) is 47.6 Å². The third-order valence-corrected chi connectivity index (χ3v) is 7.77. The standard InChI is InChI=1S/C33H31F3N6O5/c1-19-24(18-47-41-19)27(29(37)43)23(12-8-16-33(34,35)36)31(44)40-30-32(45)42(26-15-14-21(46-2)17-38-26)25-13-7-6-11-22(25)28(39-30)20-9-4-3-5-10-20/h3-7,9-11,13-15,17-18,23,27,30H,8,12,16H2,1-2H3,(H2,37,43)(H,40,44). The Morgan fingerprint density at radius 3 is 2.43 bits per heavy atom. The molecule has 3 atom stereocenters. The second-order valence-electron chi connectivity index (χ2n) is 10.9. The number of hydrogen-bond acceptors (Lipinski definition) is 8. The number of nitrogens with two attached hydrogens (primary N) is 1. The number of carbonyl (C=O) groups is 3. The first-order valence-corrected chi connectivity index (χ1v) is 14.6. The van der Waals surface area contributed by atoms with Crippen molar-refractivity contribution in [3.63, 3.8) is 0 Å². The summed E-state index contributed by atoms with van der Waals surface area (Å²) in [5.74, 6) is -4.76. The molecule has 0 radical (unpaired) electrons. The SMILES string of the molecule is COc1ccc(N2C(=O)C(NC(=O)C(CCCC(F)(F)F)C(C(N)=O)c3conc3C)N=C(c3ccccc3)c3ccccc32)nc1. The molecular weight excluding hydrogens is 617 g/mol. The van der Waals surface area contributed by atoms with E-state index in [-0.39, 0.29) is 23.5 Å². The minimum Gasteiger partial charge on any atom is -0.495 e. The molecule has 0 aliphatic carbocycles. The number of benzodiazepines with no additional fused rings is 1. The van der Waals surface area contributed by atoms with Gasteiger partial charge in [-0.05, 0) is 38.0 Å². The third-order valence-electron chi connectivity index (χ3n) is 7.77. The number of primary amides is 1. The molecule has 3 heterocycles. The van der Waals surface area contributed by atoms with E-state index in [1.165, 1.54) is 25.1 Å². The fourth-order valence-electron chi connectivity index (χ4n) is 5.53. The number of fused-ring (bicyclic) bond motifs is 1. The number of ether oxygens (including phenoxy) is 1. The summed E-state index contributed by atoms with van der Waals surface area (Å²) in [5.41, 5.74) is 8.09. The molecule has 47 heavy (non-hydrogen) atoms. The number of benzene rings is 2. The summed E-state index contributed by atoms with van der Waals surface area (Å²) in [6.07, 6.45) is -5.60. The molecule has 244 valence electrons. The average molecular weight is 649 g/mol. The van der Waals surface area contributed by atoms with Crippen LogP contribution in [0.4, 0.5) is 24.7 Å². The molecule has 3 N–H and O–H groups in total. The number of aliphatic imine (C=N–C) groups is 1. The van der Waals surface area contributed by atoms with E-state index in [0.717, 1.165) is 6.26 Å². The van der Waals surface area contributed by atoms with Crippen molar-refractivity contribution in [1.82, 2.24) is 15.5 Å². The van der Waals surface area contributed by atoms with E-state index in [1.807, 2.05) is 6.07 Å². The van der Waals surface area contributed by atoms with Crippen LogP contribution < -0.4 is 20.7 Å². The van der Waals surface area contributed by atoms with Gasteiger partial charge in [0.1, 0.15) is 17.8 Å². The fraction of sp³-hybridized carbons (Fsp3) is 0.273. The number of carbonyl (C=O) groups excluding carboxylic acids is 3. The molecule has 14 heteroatoms. The first-order valence-electron chi connectivity index (χ1n) is 14.6. The number of pyridine rings is 1. The number of aryl methyl sites for hydroxylation is 1. The lowest BCUT2D eigenvalue weighted by atomic mass is 9.81.